The molecule has 2 radical (unpaired) electrons. The molecular weight excluding hydrogens is 583 g/mol. The Morgan fingerprint density at radius 3 is 1.05 bits per heavy atom. The average molecular weight is 622 g/mol. The summed E-state index contributed by atoms with van der Waals surface area (Å²) in [4.78, 5) is 2.18. The third kappa shape index (κ3) is 6.61. The fourth-order valence-corrected chi connectivity index (χ4v) is 12.3. The maximum atomic E-state index is 2.38. The van der Waals surface area contributed by atoms with Gasteiger partial charge in [0.05, 0.1) is 0 Å². The molecule has 0 unspecified atom stereocenters. The van der Waals surface area contributed by atoms with Crippen LogP contribution in [0, 0.1) is 0 Å². The molecule has 1 heterocycles. The van der Waals surface area contributed by atoms with E-state index < -0.39 is 14.3 Å². The van der Waals surface area contributed by atoms with Gasteiger partial charge in [-0.25, -0.2) is 0 Å². The van der Waals surface area contributed by atoms with Gasteiger partial charge >= 0.3 is 231 Å². The van der Waals surface area contributed by atoms with Crippen LogP contribution in [-0.2, 0) is 0 Å². The van der Waals surface area contributed by atoms with Gasteiger partial charge in [0.25, 0.3) is 0 Å². The van der Waals surface area contributed by atoms with Gasteiger partial charge in [0.1, 0.15) is 0 Å². The predicted octanol–water partition coefficient (Wildman–Crippen LogP) is 9.14. The number of hydrogen-bond acceptors (Lipinski definition) is 1. The summed E-state index contributed by atoms with van der Waals surface area (Å²) >= 11 is -2.28. The molecule has 0 atom stereocenters. The van der Waals surface area contributed by atoms with E-state index in [2.05, 4.69) is 184 Å². The van der Waals surface area contributed by atoms with Gasteiger partial charge in [0.2, 0.25) is 0 Å². The maximum absolute atomic E-state index is 2.38. The minimum absolute atomic E-state index is 0.120. The Balaban J connectivity index is 0.000000830. The van der Waals surface area contributed by atoms with E-state index in [0.29, 0.717) is 0 Å². The van der Waals surface area contributed by atoms with Crippen LogP contribution < -0.4 is 9.30 Å². The van der Waals surface area contributed by atoms with E-state index in [1.165, 1.54) is 52.3 Å². The summed E-state index contributed by atoms with van der Waals surface area (Å²) in [6.07, 6.45) is 0. The summed E-state index contributed by atoms with van der Waals surface area (Å²) in [6.45, 7) is 6.81. The largest absolute Gasteiger partial charge is 0.0715 e. The molecule has 5 aromatic carbocycles. The summed E-state index contributed by atoms with van der Waals surface area (Å²) in [5.41, 5.74) is 9.22. The molecule has 6 rings (SSSR count). The van der Waals surface area contributed by atoms with Crippen LogP contribution in [0.4, 0.5) is 5.69 Å². The number of benzene rings is 5. The molecule has 42 heavy (non-hydrogen) atoms. The van der Waals surface area contributed by atoms with Gasteiger partial charge in [0.15, 0.2) is 0 Å². The molecule has 0 aliphatic carbocycles. The standard InChI is InChI=1S/C36H30GeN.C3H9Si/c1-38(2)32-25-23-31(24-26-32)37-35(29-19-11-5-12-20-29)33(27-15-7-3-8-16-27)34(28-17-9-4-10-18-28)36(37)30-21-13-6-14-22-30;1-4(2)3/h3-26H,1-2H3;1-3H3. The van der Waals surface area contributed by atoms with Crippen molar-refractivity contribution in [3.63, 3.8) is 0 Å². The number of anilines is 1. The van der Waals surface area contributed by atoms with Gasteiger partial charge in [-0.2, -0.15) is 0 Å². The third-order valence-corrected chi connectivity index (χ3v) is 13.4. The molecule has 0 saturated carbocycles. The molecule has 0 amide bonds. The topological polar surface area (TPSA) is 3.24 Å². The minimum atomic E-state index is -2.28. The molecule has 0 spiro atoms. The predicted molar refractivity (Wildman–Crippen MR) is 189 cm³/mol. The second kappa shape index (κ2) is 13.9. The Labute approximate surface area is 258 Å². The zero-order valence-electron chi connectivity index (χ0n) is 25.3. The number of hydrogen-bond donors (Lipinski definition) is 0. The average Bonchev–Trinajstić information content (AvgIpc) is 3.39. The molecule has 208 valence electrons. The van der Waals surface area contributed by atoms with Crippen LogP contribution >= 0.6 is 0 Å². The Hall–Kier alpha value is -3.86. The van der Waals surface area contributed by atoms with Crippen LogP contribution in [0.3, 0.4) is 0 Å². The first-order valence-electron chi connectivity index (χ1n) is 14.6. The smallest absolute Gasteiger partial charge is 0.0379 e. The van der Waals surface area contributed by atoms with Crippen LogP contribution in [0.1, 0.15) is 22.3 Å². The molecule has 3 heteroatoms. The number of nitrogens with zero attached hydrogens (tertiary/aromatic N) is 1. The Morgan fingerprint density at radius 1 is 0.429 bits per heavy atom. The van der Waals surface area contributed by atoms with Crippen molar-refractivity contribution in [1.82, 2.24) is 0 Å². The fraction of sp³-hybridized carbons (Fsp3) is 0.128. The normalized spacial score (nSPS) is 13.3. The van der Waals surface area contributed by atoms with Gasteiger partial charge < -0.3 is 0 Å². The van der Waals surface area contributed by atoms with E-state index in [9.17, 15) is 0 Å². The molecule has 1 nitrogen and oxygen atoms in total. The van der Waals surface area contributed by atoms with Crippen molar-refractivity contribution in [3.8, 4) is 0 Å². The van der Waals surface area contributed by atoms with E-state index in [4.69, 9.17) is 0 Å². The number of rotatable bonds is 6. The van der Waals surface area contributed by atoms with E-state index in [-0.39, 0.29) is 8.80 Å². The van der Waals surface area contributed by atoms with Crippen molar-refractivity contribution in [2.75, 3.05) is 19.0 Å². The van der Waals surface area contributed by atoms with Gasteiger partial charge in [-0.05, 0) is 0 Å². The van der Waals surface area contributed by atoms with E-state index in [1.54, 1.807) is 0 Å². The second-order valence-corrected chi connectivity index (χ2v) is 19.2. The first-order valence-corrected chi connectivity index (χ1v) is 20.7. The summed E-state index contributed by atoms with van der Waals surface area (Å²) < 4.78 is 4.51. The third-order valence-electron chi connectivity index (χ3n) is 7.17. The summed E-state index contributed by atoms with van der Waals surface area (Å²) in [5, 5.41) is 0. The molecule has 0 saturated heterocycles. The molecule has 0 fully saturated rings. The SMILES string of the molecule is CN(C)c1cc[c]([Ge]2[C](c3ccccc3)=C(c3ccccc3)C(c3ccccc3)=[C]2c2ccccc2)cc1.C[Si](C)C. The van der Waals surface area contributed by atoms with E-state index in [1.807, 2.05) is 0 Å². The Bertz CT molecular complexity index is 1540. The van der Waals surface area contributed by atoms with Crippen molar-refractivity contribution in [3.05, 3.63) is 168 Å². The van der Waals surface area contributed by atoms with Crippen molar-refractivity contribution in [2.24, 2.45) is 0 Å². The van der Waals surface area contributed by atoms with E-state index in [0.717, 1.165) is 0 Å². The molecule has 0 aromatic heterocycles. The maximum Gasteiger partial charge on any atom is 0.0379 e. The van der Waals surface area contributed by atoms with E-state index >= 15 is 0 Å². The zero-order chi connectivity index (χ0) is 29.5. The van der Waals surface area contributed by atoms with Crippen LogP contribution in [0.2, 0.25) is 19.6 Å². The van der Waals surface area contributed by atoms with Crippen molar-refractivity contribution < 1.29 is 0 Å². The molecule has 1 aliphatic heterocycles. The zero-order valence-corrected chi connectivity index (χ0v) is 28.4. The summed E-state index contributed by atoms with van der Waals surface area (Å²) in [7, 11) is 4.33. The van der Waals surface area contributed by atoms with Crippen molar-refractivity contribution in [1.29, 1.82) is 0 Å². The van der Waals surface area contributed by atoms with Gasteiger partial charge in [-0.3, -0.25) is 0 Å². The first-order chi connectivity index (χ1) is 20.5. The molecule has 5 aromatic rings. The van der Waals surface area contributed by atoms with Gasteiger partial charge in [-0.15, -0.1) is 0 Å². The fourth-order valence-electron chi connectivity index (χ4n) is 5.41. The summed E-state index contributed by atoms with van der Waals surface area (Å²) in [6, 6.07) is 53.5. The number of allylic oxidation sites excluding steroid dienone is 2. The van der Waals surface area contributed by atoms with Crippen LogP contribution in [-0.4, -0.2) is 37.2 Å². The first kappa shape index (κ1) is 29.6. The van der Waals surface area contributed by atoms with Crippen LogP contribution in [0.5, 0.6) is 0 Å². The molecule has 0 bridgehead atoms. The molecule has 0 N–H and O–H groups in total. The van der Waals surface area contributed by atoms with Gasteiger partial charge in [0, 0.05) is 8.80 Å². The van der Waals surface area contributed by atoms with Crippen LogP contribution in [0.25, 0.3) is 20.0 Å². The minimum Gasteiger partial charge on any atom is -0.0715 e. The van der Waals surface area contributed by atoms with Crippen molar-refractivity contribution >= 4 is 53.2 Å². The van der Waals surface area contributed by atoms with Crippen LogP contribution in [0.15, 0.2) is 146 Å². The molecular formula is C39H39GeNSi. The van der Waals surface area contributed by atoms with Gasteiger partial charge in [-0.1, -0.05) is 19.6 Å². The molecule has 1 aliphatic rings. The van der Waals surface area contributed by atoms with Crippen molar-refractivity contribution in [2.45, 2.75) is 19.6 Å². The second-order valence-electron chi connectivity index (χ2n) is 11.3. The quantitative estimate of drug-likeness (QED) is 0.171. The Morgan fingerprint density at radius 2 is 0.738 bits per heavy atom. The Kier molecular flexibility index (Phi) is 9.78. The summed E-state index contributed by atoms with van der Waals surface area (Å²) in [5.74, 6) is 0. The monoisotopic (exact) mass is 623 g/mol.